The lowest BCUT2D eigenvalue weighted by molar-refractivity contribution is -0.135. The van der Waals surface area contributed by atoms with E-state index in [4.69, 9.17) is 33.0 Å². The van der Waals surface area contributed by atoms with Crippen LogP contribution in [0.4, 0.5) is 22.2 Å². The highest BCUT2D eigenvalue weighted by Gasteiger charge is 2.19. The Hall–Kier alpha value is -3.99. The molecule has 4 N–H and O–H groups in total. The second-order valence-electron chi connectivity index (χ2n) is 7.89. The molecule has 36 heavy (non-hydrogen) atoms. The third-order valence-corrected chi connectivity index (χ3v) is 6.04. The number of halogens is 2. The number of carbonyl (C=O) groups excluding carboxylic acids is 1. The van der Waals surface area contributed by atoms with Gasteiger partial charge in [0.2, 0.25) is 5.95 Å². The molecule has 2 aromatic heterocycles. The number of carboxylic acid groups (broad SMARTS) is 1. The Morgan fingerprint density at radius 3 is 2.58 bits per heavy atom. The van der Waals surface area contributed by atoms with Gasteiger partial charge >= 0.3 is 12.0 Å². The number of rotatable bonds is 6. The van der Waals surface area contributed by atoms with Crippen LogP contribution in [0.15, 0.2) is 48.7 Å². The molecule has 2 amide bonds. The maximum absolute atomic E-state index is 12.4. The zero-order chi connectivity index (χ0) is 25.2. The van der Waals surface area contributed by atoms with E-state index in [1.807, 2.05) is 18.2 Å². The number of nitrogens with zero attached hydrogens (tertiary/aromatic N) is 3. The van der Waals surface area contributed by atoms with Crippen LogP contribution in [0.25, 0.3) is 22.2 Å². The van der Waals surface area contributed by atoms with Gasteiger partial charge in [-0.15, -0.1) is 0 Å². The topological polar surface area (TPSA) is 138 Å². The summed E-state index contributed by atoms with van der Waals surface area (Å²) in [6.45, 7) is 0.584. The van der Waals surface area contributed by atoms with Crippen LogP contribution in [0, 0.1) is 0 Å². The Kier molecular flexibility index (Phi) is 6.55. The molecular formula is C24H18Cl2N6O4. The molecule has 0 radical (unpaired) electrons. The van der Waals surface area contributed by atoms with Gasteiger partial charge in [0.25, 0.3) is 0 Å². The minimum atomic E-state index is -1.19. The van der Waals surface area contributed by atoms with Crippen molar-refractivity contribution >= 4 is 63.7 Å². The summed E-state index contributed by atoms with van der Waals surface area (Å²) in [7, 11) is 0. The van der Waals surface area contributed by atoms with Crippen LogP contribution in [0.1, 0.15) is 11.1 Å². The second-order valence-corrected chi connectivity index (χ2v) is 8.70. The Morgan fingerprint density at radius 1 is 1.03 bits per heavy atom. The summed E-state index contributed by atoms with van der Waals surface area (Å²) in [5, 5.41) is 18.1. The Labute approximate surface area is 214 Å². The molecule has 0 spiro atoms. The number of aliphatic carboxylic acids is 1. The summed E-state index contributed by atoms with van der Waals surface area (Å²) in [5.74, 6) is -0.786. The number of pyridine rings is 1. The molecule has 10 nitrogen and oxygen atoms in total. The van der Waals surface area contributed by atoms with Crippen molar-refractivity contribution in [1.82, 2.24) is 20.3 Å². The predicted octanol–water partition coefficient (Wildman–Crippen LogP) is 4.98. The van der Waals surface area contributed by atoms with Crippen LogP contribution >= 0.6 is 23.2 Å². The van der Waals surface area contributed by atoms with E-state index in [9.17, 15) is 9.59 Å². The molecule has 12 heteroatoms. The van der Waals surface area contributed by atoms with Gasteiger partial charge < -0.3 is 20.5 Å². The van der Waals surface area contributed by atoms with Crippen molar-refractivity contribution in [1.29, 1.82) is 0 Å². The number of benzene rings is 2. The van der Waals surface area contributed by atoms with E-state index in [0.717, 1.165) is 16.8 Å². The molecule has 0 aliphatic carbocycles. The van der Waals surface area contributed by atoms with Gasteiger partial charge in [0.15, 0.2) is 5.65 Å². The average Bonchev–Trinajstić information content (AvgIpc) is 3.31. The molecule has 4 aromatic rings. The summed E-state index contributed by atoms with van der Waals surface area (Å²) in [6.07, 6.45) is 1.59. The molecule has 0 unspecified atom stereocenters. The Morgan fingerprint density at radius 2 is 1.81 bits per heavy atom. The number of carbonyl (C=O) groups is 2. The molecule has 2 aromatic carbocycles. The number of amides is 2. The van der Waals surface area contributed by atoms with Crippen LogP contribution in [-0.4, -0.2) is 38.6 Å². The lowest BCUT2D eigenvalue weighted by atomic mass is 10.0. The molecule has 0 saturated carbocycles. The molecule has 1 aliphatic rings. The average molecular weight is 525 g/mol. The molecule has 0 bridgehead atoms. The zero-order valence-electron chi connectivity index (χ0n) is 18.5. The van der Waals surface area contributed by atoms with Gasteiger partial charge in [-0.05, 0) is 41.5 Å². The van der Waals surface area contributed by atoms with Crippen molar-refractivity contribution in [3.8, 4) is 11.1 Å². The summed E-state index contributed by atoms with van der Waals surface area (Å²) >= 11 is 12.8. The normalized spacial score (nSPS) is 12.3. The maximum Gasteiger partial charge on any atom is 0.323 e. The Balaban J connectivity index is 1.53. The smallest absolute Gasteiger partial charge is 0.323 e. The first-order chi connectivity index (χ1) is 17.4. The number of urea groups is 1. The number of hydrogen-bond donors (Lipinski definition) is 4. The van der Waals surface area contributed by atoms with E-state index in [1.165, 1.54) is 0 Å². The first-order valence-corrected chi connectivity index (χ1v) is 11.5. The molecular weight excluding hydrogens is 507 g/mol. The first kappa shape index (κ1) is 23.7. The fraction of sp³-hybridized carbons (Fsp3) is 0.125. The van der Waals surface area contributed by atoms with Crippen LogP contribution in [0.2, 0.25) is 10.0 Å². The summed E-state index contributed by atoms with van der Waals surface area (Å²) in [5.41, 5.74) is 4.20. The maximum atomic E-state index is 12.4. The summed E-state index contributed by atoms with van der Waals surface area (Å²) in [6, 6.07) is 11.8. The second kappa shape index (κ2) is 9.94. The quantitative estimate of drug-likeness (QED) is 0.277. The third-order valence-electron chi connectivity index (χ3n) is 5.41. The number of ether oxygens (including phenoxy) is 1. The lowest BCUT2D eigenvalue weighted by Crippen LogP contribution is -2.33. The zero-order valence-corrected chi connectivity index (χ0v) is 20.0. The molecule has 1 aliphatic heterocycles. The highest BCUT2D eigenvalue weighted by atomic mass is 35.5. The van der Waals surface area contributed by atoms with E-state index in [0.29, 0.717) is 45.7 Å². The molecule has 0 fully saturated rings. The van der Waals surface area contributed by atoms with Gasteiger partial charge in [-0.2, -0.15) is 4.98 Å². The van der Waals surface area contributed by atoms with Gasteiger partial charge in [0.05, 0.1) is 23.3 Å². The van der Waals surface area contributed by atoms with Gasteiger partial charge in [-0.25, -0.2) is 14.8 Å². The van der Waals surface area contributed by atoms with Crippen molar-refractivity contribution in [3.63, 3.8) is 0 Å². The number of aromatic nitrogens is 3. The van der Waals surface area contributed by atoms with Crippen LogP contribution < -0.4 is 16.0 Å². The van der Waals surface area contributed by atoms with Crippen molar-refractivity contribution in [2.75, 3.05) is 17.2 Å². The fourth-order valence-corrected chi connectivity index (χ4v) is 4.35. The predicted molar refractivity (Wildman–Crippen MR) is 136 cm³/mol. The minimum Gasteiger partial charge on any atom is -0.480 e. The minimum absolute atomic E-state index is 0.0970. The largest absolute Gasteiger partial charge is 0.480 e. The van der Waals surface area contributed by atoms with Crippen LogP contribution in [-0.2, 0) is 22.7 Å². The molecule has 0 atom stereocenters. The first-order valence-electron chi connectivity index (χ1n) is 10.7. The van der Waals surface area contributed by atoms with Gasteiger partial charge in [-0.3, -0.25) is 10.1 Å². The van der Waals surface area contributed by atoms with E-state index in [1.54, 1.807) is 30.5 Å². The van der Waals surface area contributed by atoms with Gasteiger partial charge in [0.1, 0.15) is 12.4 Å². The number of fused-ring (bicyclic) bond motifs is 2. The van der Waals surface area contributed by atoms with Crippen LogP contribution in [0.3, 0.4) is 0 Å². The molecule has 5 rings (SSSR count). The highest BCUT2D eigenvalue weighted by molar-refractivity contribution is 6.39. The fourth-order valence-electron chi connectivity index (χ4n) is 3.75. The Bertz CT molecular complexity index is 1490. The lowest BCUT2D eigenvalue weighted by Gasteiger charge is -2.15. The number of nitrogens with one attached hydrogen (secondary N) is 3. The molecule has 182 valence electrons. The molecule has 3 heterocycles. The van der Waals surface area contributed by atoms with Gasteiger partial charge in [-0.1, -0.05) is 35.3 Å². The standard InChI is InChI=1S/C24H18Cl2N6O4/c25-17-2-1-3-18(26)20(17)16-7-13-8-27-23(29-15-5-4-12-10-36-11-14(12)6-15)31-21(13)30-22(16)32-24(35)28-9-19(33)34/h1-8H,9-11H2,(H,33,34)(H3,27,28,29,30,31,32,35). The number of anilines is 3. The van der Waals surface area contributed by atoms with E-state index in [2.05, 4.69) is 30.9 Å². The SMILES string of the molecule is O=C(O)CNC(=O)Nc1nc2nc(Nc3ccc4c(c3)COC4)ncc2cc1-c1c(Cl)cccc1Cl. The third kappa shape index (κ3) is 5.01. The summed E-state index contributed by atoms with van der Waals surface area (Å²) < 4.78 is 5.46. The van der Waals surface area contributed by atoms with E-state index < -0.39 is 18.5 Å². The van der Waals surface area contributed by atoms with Gasteiger partial charge in [0, 0.05) is 28.4 Å². The van der Waals surface area contributed by atoms with Crippen molar-refractivity contribution in [2.24, 2.45) is 0 Å². The van der Waals surface area contributed by atoms with Crippen molar-refractivity contribution in [2.45, 2.75) is 13.2 Å². The monoisotopic (exact) mass is 524 g/mol. The molecule has 0 saturated heterocycles. The summed E-state index contributed by atoms with van der Waals surface area (Å²) in [4.78, 5) is 36.6. The number of hydrogen-bond acceptors (Lipinski definition) is 7. The highest BCUT2D eigenvalue weighted by Crippen LogP contribution is 2.39. The van der Waals surface area contributed by atoms with Crippen LogP contribution in [0.5, 0.6) is 0 Å². The van der Waals surface area contributed by atoms with Crippen molar-refractivity contribution < 1.29 is 19.4 Å². The van der Waals surface area contributed by atoms with Crippen molar-refractivity contribution in [3.05, 3.63) is 69.8 Å². The van der Waals surface area contributed by atoms with E-state index >= 15 is 0 Å². The van der Waals surface area contributed by atoms with E-state index in [-0.39, 0.29) is 11.5 Å². The number of carboxylic acids is 1.